The lowest BCUT2D eigenvalue weighted by molar-refractivity contribution is 0.0695. The van der Waals surface area contributed by atoms with Gasteiger partial charge < -0.3 is 5.11 Å². The average Bonchev–Trinajstić information content (AvgIpc) is 2.32. The van der Waals surface area contributed by atoms with Crippen LogP contribution in [0.1, 0.15) is 36.0 Å². The highest BCUT2D eigenvalue weighted by Crippen LogP contribution is 2.29. The van der Waals surface area contributed by atoms with Gasteiger partial charge in [0.25, 0.3) is 0 Å². The third-order valence-corrected chi connectivity index (χ3v) is 5.70. The van der Waals surface area contributed by atoms with Gasteiger partial charge >= 0.3 is 5.97 Å². The molecular weight excluding hydrogens is 346 g/mol. The molecule has 0 atom stereocenters. The van der Waals surface area contributed by atoms with Crippen LogP contribution in [0.2, 0.25) is 0 Å². The van der Waals surface area contributed by atoms with Gasteiger partial charge in [-0.1, -0.05) is 19.3 Å². The van der Waals surface area contributed by atoms with E-state index in [1.807, 2.05) is 0 Å². The van der Waals surface area contributed by atoms with E-state index < -0.39 is 16.0 Å². The zero-order chi connectivity index (χ0) is 14.8. The van der Waals surface area contributed by atoms with Gasteiger partial charge in [0.2, 0.25) is 10.0 Å². The summed E-state index contributed by atoms with van der Waals surface area (Å²) in [5.41, 5.74) is -0.0631. The van der Waals surface area contributed by atoms with Crippen LogP contribution in [0.5, 0.6) is 0 Å². The van der Waals surface area contributed by atoms with E-state index in [4.69, 9.17) is 5.11 Å². The summed E-state index contributed by atoms with van der Waals surface area (Å²) in [6.07, 6.45) is 4.40. The number of hydrogen-bond donors (Lipinski definition) is 2. The number of rotatable bonds is 6. The minimum atomic E-state index is -3.65. The molecule has 7 heteroatoms. The molecule has 0 aliphatic heterocycles. The Bertz CT molecular complexity index is 611. The summed E-state index contributed by atoms with van der Waals surface area (Å²) in [6, 6.07) is 3.99. The number of hydrogen-bond acceptors (Lipinski definition) is 3. The Morgan fingerprint density at radius 1 is 1.40 bits per heavy atom. The van der Waals surface area contributed by atoms with Crippen LogP contribution in [0.15, 0.2) is 27.6 Å². The van der Waals surface area contributed by atoms with Crippen molar-refractivity contribution in [3.8, 4) is 0 Å². The van der Waals surface area contributed by atoms with Crippen molar-refractivity contribution < 1.29 is 18.3 Å². The fourth-order valence-corrected chi connectivity index (χ4v) is 3.59. The summed E-state index contributed by atoms with van der Waals surface area (Å²) in [5.74, 6) is -0.541. The summed E-state index contributed by atoms with van der Waals surface area (Å²) in [5, 5.41) is 9.00. The first-order valence-electron chi connectivity index (χ1n) is 6.42. The number of carboxylic acid groups (broad SMARTS) is 1. The van der Waals surface area contributed by atoms with E-state index in [2.05, 4.69) is 20.7 Å². The molecule has 1 saturated carbocycles. The van der Waals surface area contributed by atoms with Gasteiger partial charge in [0.1, 0.15) is 0 Å². The van der Waals surface area contributed by atoms with Crippen molar-refractivity contribution in [2.24, 2.45) is 5.92 Å². The monoisotopic (exact) mass is 361 g/mol. The minimum absolute atomic E-state index is 0.0216. The fraction of sp³-hybridized carbons (Fsp3) is 0.462. The van der Waals surface area contributed by atoms with E-state index in [0.717, 1.165) is 12.5 Å². The highest BCUT2D eigenvalue weighted by Gasteiger charge is 2.20. The van der Waals surface area contributed by atoms with Gasteiger partial charge in [-0.3, -0.25) is 0 Å². The maximum atomic E-state index is 12.1. The second-order valence-electron chi connectivity index (χ2n) is 4.93. The van der Waals surface area contributed by atoms with E-state index in [-0.39, 0.29) is 10.5 Å². The van der Waals surface area contributed by atoms with Gasteiger partial charge in [-0.2, -0.15) is 0 Å². The molecule has 1 aliphatic carbocycles. The van der Waals surface area contributed by atoms with Gasteiger partial charge in [0, 0.05) is 11.0 Å². The van der Waals surface area contributed by atoms with Crippen molar-refractivity contribution >= 4 is 31.9 Å². The van der Waals surface area contributed by atoms with Gasteiger partial charge in [0.15, 0.2) is 0 Å². The Hall–Kier alpha value is -0.920. The van der Waals surface area contributed by atoms with E-state index in [0.29, 0.717) is 16.9 Å². The van der Waals surface area contributed by atoms with Crippen molar-refractivity contribution in [2.45, 2.75) is 30.6 Å². The lowest BCUT2D eigenvalue weighted by atomic mass is 9.83. The van der Waals surface area contributed by atoms with Crippen LogP contribution in [0, 0.1) is 5.92 Å². The molecule has 5 nitrogen and oxygen atoms in total. The summed E-state index contributed by atoms with van der Waals surface area (Å²) in [7, 11) is -3.65. The van der Waals surface area contributed by atoms with Gasteiger partial charge in [-0.15, -0.1) is 0 Å². The van der Waals surface area contributed by atoms with Crippen LogP contribution in [0.3, 0.4) is 0 Å². The molecule has 1 aromatic carbocycles. The minimum Gasteiger partial charge on any atom is -0.478 e. The standard InChI is InChI=1S/C13H16BrNO4S/c14-12-5-4-10(8-11(12)13(16)17)20(18,19)15-7-6-9-2-1-3-9/h4-5,8-9,15H,1-3,6-7H2,(H,16,17). The van der Waals surface area contributed by atoms with Crippen molar-refractivity contribution in [2.75, 3.05) is 6.54 Å². The molecule has 0 amide bonds. The van der Waals surface area contributed by atoms with Gasteiger partial charge in [-0.05, 0) is 46.5 Å². The summed E-state index contributed by atoms with van der Waals surface area (Å²) < 4.78 is 27.1. The molecule has 1 aliphatic rings. The molecule has 2 rings (SSSR count). The molecule has 0 aromatic heterocycles. The number of sulfonamides is 1. The van der Waals surface area contributed by atoms with Crippen molar-refractivity contribution in [3.63, 3.8) is 0 Å². The summed E-state index contributed by atoms with van der Waals surface area (Å²) in [4.78, 5) is 11.0. The number of aromatic carboxylic acids is 1. The Morgan fingerprint density at radius 2 is 2.10 bits per heavy atom. The Kier molecular flexibility index (Phi) is 4.82. The van der Waals surface area contributed by atoms with Crippen LogP contribution in [0.25, 0.3) is 0 Å². The smallest absolute Gasteiger partial charge is 0.336 e. The Balaban J connectivity index is 2.08. The van der Waals surface area contributed by atoms with Crippen LogP contribution in [0.4, 0.5) is 0 Å². The average molecular weight is 362 g/mol. The predicted molar refractivity (Wildman–Crippen MR) is 78.2 cm³/mol. The third kappa shape index (κ3) is 3.59. The maximum Gasteiger partial charge on any atom is 0.336 e. The molecule has 110 valence electrons. The SMILES string of the molecule is O=C(O)c1cc(S(=O)(=O)NCCC2CCC2)ccc1Br. The van der Waals surface area contributed by atoms with Crippen molar-refractivity contribution in [3.05, 3.63) is 28.2 Å². The first-order valence-corrected chi connectivity index (χ1v) is 8.70. The van der Waals surface area contributed by atoms with Crippen LogP contribution < -0.4 is 4.72 Å². The number of halogens is 1. The number of carbonyl (C=O) groups is 1. The highest BCUT2D eigenvalue weighted by atomic mass is 79.9. The van der Waals surface area contributed by atoms with E-state index in [1.54, 1.807) is 0 Å². The number of carboxylic acids is 1. The molecule has 0 unspecified atom stereocenters. The Morgan fingerprint density at radius 3 is 2.65 bits per heavy atom. The van der Waals surface area contributed by atoms with E-state index in [9.17, 15) is 13.2 Å². The molecule has 2 N–H and O–H groups in total. The molecule has 0 bridgehead atoms. The summed E-state index contributed by atoms with van der Waals surface area (Å²) >= 11 is 3.09. The molecule has 0 heterocycles. The second-order valence-corrected chi connectivity index (χ2v) is 7.55. The second kappa shape index (κ2) is 6.24. The van der Waals surface area contributed by atoms with E-state index in [1.165, 1.54) is 31.4 Å². The van der Waals surface area contributed by atoms with E-state index >= 15 is 0 Å². The maximum absolute atomic E-state index is 12.1. The molecule has 1 fully saturated rings. The quantitative estimate of drug-likeness (QED) is 0.815. The molecule has 0 radical (unpaired) electrons. The first-order chi connectivity index (χ1) is 9.40. The number of nitrogens with one attached hydrogen (secondary N) is 1. The van der Waals surface area contributed by atoms with Crippen molar-refractivity contribution in [1.82, 2.24) is 4.72 Å². The Labute approximate surface area is 126 Å². The molecule has 1 aromatic rings. The first kappa shape index (κ1) is 15.5. The van der Waals surface area contributed by atoms with Gasteiger partial charge in [0.05, 0.1) is 10.5 Å². The van der Waals surface area contributed by atoms with Gasteiger partial charge in [-0.25, -0.2) is 17.9 Å². The van der Waals surface area contributed by atoms with Crippen molar-refractivity contribution in [1.29, 1.82) is 0 Å². The fourth-order valence-electron chi connectivity index (χ4n) is 2.10. The topological polar surface area (TPSA) is 83.5 Å². The zero-order valence-electron chi connectivity index (χ0n) is 10.8. The number of benzene rings is 1. The lowest BCUT2D eigenvalue weighted by Crippen LogP contribution is -2.27. The lowest BCUT2D eigenvalue weighted by Gasteiger charge is -2.25. The predicted octanol–water partition coefficient (Wildman–Crippen LogP) is 2.62. The molecule has 20 heavy (non-hydrogen) atoms. The largest absolute Gasteiger partial charge is 0.478 e. The molecular formula is C13H16BrNO4S. The molecule has 0 spiro atoms. The van der Waals surface area contributed by atoms with Crippen LogP contribution >= 0.6 is 15.9 Å². The normalized spacial score (nSPS) is 15.8. The van der Waals surface area contributed by atoms with Crippen LogP contribution in [-0.2, 0) is 10.0 Å². The highest BCUT2D eigenvalue weighted by molar-refractivity contribution is 9.10. The zero-order valence-corrected chi connectivity index (χ0v) is 13.2. The third-order valence-electron chi connectivity index (χ3n) is 3.55. The molecule has 0 saturated heterocycles. The summed E-state index contributed by atoms with van der Waals surface area (Å²) in [6.45, 7) is 0.394. The van der Waals surface area contributed by atoms with Crippen LogP contribution in [-0.4, -0.2) is 26.0 Å².